The third-order valence-electron chi connectivity index (χ3n) is 1.12. The minimum atomic E-state index is -0.0378. The Balaban J connectivity index is 3.95. The van der Waals surface area contributed by atoms with Crippen LogP contribution in [0.2, 0.25) is 5.15 Å². The third kappa shape index (κ3) is 1.36. The van der Waals surface area contributed by atoms with Crippen LogP contribution in [0.15, 0.2) is 12.3 Å². The molecule has 0 saturated carbocycles. The molecule has 0 amide bonds. The molecule has 4 heteroatoms. The average Bonchev–Trinajstić information content (AvgIpc) is 2.04. The fraction of sp³-hybridized carbons (Fsp3) is 0. The number of hydrogen-bond acceptors (Lipinski definition) is 3. The first kappa shape index (κ1) is 7.70. The molecule has 0 aromatic carbocycles. The maximum absolute atomic E-state index is 10.2. The minimum Gasteiger partial charge on any atom is -0.243 e. The first-order valence-electron chi connectivity index (χ1n) is 2.70. The number of halogens is 1. The summed E-state index contributed by atoms with van der Waals surface area (Å²) < 4.78 is 0. The van der Waals surface area contributed by atoms with Crippen molar-refractivity contribution in [2.45, 2.75) is 0 Å². The van der Waals surface area contributed by atoms with Gasteiger partial charge in [0.15, 0.2) is 0 Å². The average molecular weight is 168 g/mol. The first-order valence-corrected chi connectivity index (χ1v) is 3.08. The first-order chi connectivity index (χ1) is 5.29. The molecule has 1 aromatic heterocycles. The molecule has 0 fully saturated rings. The monoisotopic (exact) mass is 167 g/mol. The second-order valence-electron chi connectivity index (χ2n) is 1.73. The highest BCUT2D eigenvalue weighted by Gasteiger charge is 1.93. The Hall–Kier alpha value is -1.40. The molecule has 0 aliphatic heterocycles. The highest BCUT2D eigenvalue weighted by molar-refractivity contribution is 6.29. The van der Waals surface area contributed by atoms with Crippen LogP contribution in [0.25, 0.3) is 0 Å². The van der Waals surface area contributed by atoms with Gasteiger partial charge in [-0.05, 0) is 6.07 Å². The Bertz CT molecular complexity index is 430. The van der Waals surface area contributed by atoms with Gasteiger partial charge in [-0.15, -0.1) is 0 Å². The number of rotatable bonds is 0. The Morgan fingerprint density at radius 1 is 1.36 bits per heavy atom. The largest absolute Gasteiger partial charge is 0.243 e. The molecule has 11 heavy (non-hydrogen) atoms. The second kappa shape index (κ2) is 3.13. The molecule has 0 aliphatic carbocycles. The minimum absolute atomic E-state index is 0.0270. The van der Waals surface area contributed by atoms with E-state index < -0.39 is 0 Å². The Morgan fingerprint density at radius 2 is 2.09 bits per heavy atom. The highest BCUT2D eigenvalue weighted by Crippen LogP contribution is 1.87. The summed E-state index contributed by atoms with van der Waals surface area (Å²) >= 11 is 5.46. The van der Waals surface area contributed by atoms with Crippen molar-refractivity contribution in [2.24, 2.45) is 0 Å². The van der Waals surface area contributed by atoms with E-state index in [-0.39, 0.29) is 15.6 Å². The zero-order chi connectivity index (χ0) is 8.27. The van der Waals surface area contributed by atoms with Crippen molar-refractivity contribution >= 4 is 23.5 Å². The van der Waals surface area contributed by atoms with Crippen molar-refractivity contribution < 1.29 is 9.59 Å². The van der Waals surface area contributed by atoms with E-state index in [0.29, 0.717) is 0 Å². The summed E-state index contributed by atoms with van der Waals surface area (Å²) in [6.07, 6.45) is 1.32. The molecular formula is C7H2ClNO2. The number of aromatic nitrogens is 1. The van der Waals surface area contributed by atoms with Crippen molar-refractivity contribution in [1.82, 2.24) is 4.98 Å². The van der Waals surface area contributed by atoms with E-state index in [1.165, 1.54) is 18.2 Å². The van der Waals surface area contributed by atoms with Crippen molar-refractivity contribution in [3.05, 3.63) is 27.9 Å². The van der Waals surface area contributed by atoms with Crippen LogP contribution in [0.5, 0.6) is 0 Å². The van der Waals surface area contributed by atoms with Gasteiger partial charge in [-0.1, -0.05) is 11.6 Å². The van der Waals surface area contributed by atoms with Crippen molar-refractivity contribution in [3.8, 4) is 0 Å². The third-order valence-corrected chi connectivity index (χ3v) is 1.40. The van der Waals surface area contributed by atoms with E-state index in [4.69, 9.17) is 11.6 Å². The van der Waals surface area contributed by atoms with E-state index in [1.807, 2.05) is 0 Å². The Morgan fingerprint density at radius 3 is 2.55 bits per heavy atom. The van der Waals surface area contributed by atoms with Gasteiger partial charge in [0.2, 0.25) is 0 Å². The molecule has 0 radical (unpaired) electrons. The number of hydrogen-bond donors (Lipinski definition) is 0. The molecule has 1 rings (SSSR count). The predicted molar refractivity (Wildman–Crippen MR) is 38.1 cm³/mol. The van der Waals surface area contributed by atoms with Crippen LogP contribution in [-0.4, -0.2) is 16.9 Å². The van der Waals surface area contributed by atoms with Gasteiger partial charge >= 0.3 is 0 Å². The number of carbonyl (C=O) groups excluding carboxylic acids is 2. The molecule has 3 nitrogen and oxygen atoms in total. The van der Waals surface area contributed by atoms with E-state index in [0.717, 1.165) is 0 Å². The lowest BCUT2D eigenvalue weighted by molar-refractivity contribution is 0.564. The summed E-state index contributed by atoms with van der Waals surface area (Å²) in [4.78, 5) is 23.9. The van der Waals surface area contributed by atoms with Gasteiger partial charge in [-0.2, -0.15) is 0 Å². The Kier molecular flexibility index (Phi) is 2.19. The van der Waals surface area contributed by atoms with Crippen molar-refractivity contribution in [1.29, 1.82) is 0 Å². The second-order valence-corrected chi connectivity index (χ2v) is 2.09. The smallest absolute Gasteiger partial charge is 0.148 e. The molecule has 0 atom stereocenters. The van der Waals surface area contributed by atoms with Gasteiger partial charge < -0.3 is 0 Å². The summed E-state index contributed by atoms with van der Waals surface area (Å²) in [6, 6.07) is 1.35. The van der Waals surface area contributed by atoms with Gasteiger partial charge in [0, 0.05) is 6.20 Å². The Labute approximate surface area is 66.6 Å². The topological polar surface area (TPSA) is 47.0 Å². The number of nitrogens with zero attached hydrogens (tertiary/aromatic N) is 1. The molecule has 0 spiro atoms. The number of pyridine rings is 1. The summed E-state index contributed by atoms with van der Waals surface area (Å²) in [6.45, 7) is 0. The predicted octanol–water partition coefficient (Wildman–Crippen LogP) is -1.26. The zero-order valence-corrected chi connectivity index (χ0v) is 6.05. The van der Waals surface area contributed by atoms with Gasteiger partial charge in [0.1, 0.15) is 22.3 Å². The van der Waals surface area contributed by atoms with Crippen LogP contribution in [0, 0.1) is 0 Å². The molecule has 0 unspecified atom stereocenters. The van der Waals surface area contributed by atoms with Crippen molar-refractivity contribution in [3.63, 3.8) is 0 Å². The van der Waals surface area contributed by atoms with E-state index >= 15 is 0 Å². The molecule has 1 aromatic rings. The molecule has 0 bridgehead atoms. The van der Waals surface area contributed by atoms with Crippen LogP contribution in [0.3, 0.4) is 0 Å². The molecular weight excluding hydrogens is 166 g/mol. The van der Waals surface area contributed by atoms with Crippen LogP contribution in [0.4, 0.5) is 0 Å². The lowest BCUT2D eigenvalue weighted by Crippen LogP contribution is -2.28. The SMILES string of the molecule is O=C=c1ccnc(Cl)c1=C=O. The lowest BCUT2D eigenvalue weighted by Gasteiger charge is -1.83. The molecule has 0 aliphatic rings. The standard InChI is InChI=1S/C7H2ClNO2/c8-7-6(4-11)5(3-10)1-2-9-7/h1-2H. The normalized spacial score (nSPS) is 8.45. The highest BCUT2D eigenvalue weighted by atomic mass is 35.5. The molecule has 1 heterocycles. The van der Waals surface area contributed by atoms with E-state index in [1.54, 1.807) is 5.94 Å². The summed E-state index contributed by atoms with van der Waals surface area (Å²) in [7, 11) is 0. The van der Waals surface area contributed by atoms with Crippen molar-refractivity contribution in [2.75, 3.05) is 0 Å². The summed E-state index contributed by atoms with van der Waals surface area (Å²) in [5.74, 6) is 3.06. The molecule has 54 valence electrons. The fourth-order valence-corrected chi connectivity index (χ4v) is 0.815. The van der Waals surface area contributed by atoms with Gasteiger partial charge in [-0.25, -0.2) is 14.6 Å². The van der Waals surface area contributed by atoms with Crippen LogP contribution in [0.1, 0.15) is 0 Å². The lowest BCUT2D eigenvalue weighted by atomic mass is 10.3. The van der Waals surface area contributed by atoms with Gasteiger partial charge in [-0.3, -0.25) is 0 Å². The van der Waals surface area contributed by atoms with Gasteiger partial charge in [0.25, 0.3) is 0 Å². The summed E-state index contributed by atoms with van der Waals surface area (Å²) in [5, 5.41) is 0.0185. The summed E-state index contributed by atoms with van der Waals surface area (Å²) in [5.41, 5.74) is 0. The maximum atomic E-state index is 10.2. The maximum Gasteiger partial charge on any atom is 0.148 e. The van der Waals surface area contributed by atoms with Crippen LogP contribution < -0.4 is 10.4 Å². The van der Waals surface area contributed by atoms with E-state index in [9.17, 15) is 9.59 Å². The van der Waals surface area contributed by atoms with Crippen LogP contribution in [-0.2, 0) is 9.59 Å². The quantitative estimate of drug-likeness (QED) is 0.454. The van der Waals surface area contributed by atoms with E-state index in [2.05, 4.69) is 4.98 Å². The molecule has 0 saturated heterocycles. The molecule has 0 N–H and O–H groups in total. The fourth-order valence-electron chi connectivity index (χ4n) is 0.618. The van der Waals surface area contributed by atoms with Gasteiger partial charge in [0.05, 0.1) is 5.22 Å². The van der Waals surface area contributed by atoms with Crippen LogP contribution >= 0.6 is 11.6 Å². The zero-order valence-electron chi connectivity index (χ0n) is 5.30.